The largest absolute Gasteiger partial charge is 0.393 e. The van der Waals surface area contributed by atoms with Crippen LogP contribution in [0, 0.1) is 40.4 Å². The first-order chi connectivity index (χ1) is 11.7. The lowest BCUT2D eigenvalue weighted by Crippen LogP contribution is -2.51. The molecule has 0 spiro atoms. The maximum atomic E-state index is 12.4. The average molecular weight is 345 g/mol. The summed E-state index contributed by atoms with van der Waals surface area (Å²) < 4.78 is 0. The van der Waals surface area contributed by atoms with Crippen LogP contribution in [-0.2, 0) is 4.79 Å². The van der Waals surface area contributed by atoms with Crippen LogP contribution in [0.5, 0.6) is 0 Å². The van der Waals surface area contributed by atoms with Gasteiger partial charge in [0, 0.05) is 5.92 Å². The molecule has 8 atom stereocenters. The second kappa shape index (κ2) is 5.68. The highest BCUT2D eigenvalue weighted by Gasteiger charge is 2.61. The Labute approximate surface area is 153 Å². The fourth-order valence-corrected chi connectivity index (χ4v) is 8.33. The highest BCUT2D eigenvalue weighted by molar-refractivity contribution is 5.80. The van der Waals surface area contributed by atoms with E-state index in [9.17, 15) is 9.90 Å². The standard InChI is InChI=1S/C23H36O2/c1-13-10-17-18(22(4)8-6-16(25)12-19(13)22)7-9-23(5)20(17)11-14(2)21(23)15(3)24/h14,16-18,20-21,25H,6-12H2,1-5H3. The van der Waals surface area contributed by atoms with E-state index >= 15 is 0 Å². The summed E-state index contributed by atoms with van der Waals surface area (Å²) in [6.45, 7) is 11.4. The Hall–Kier alpha value is -0.630. The van der Waals surface area contributed by atoms with Crippen molar-refractivity contribution in [1.29, 1.82) is 0 Å². The Morgan fingerprint density at radius 3 is 2.52 bits per heavy atom. The fraction of sp³-hybridized carbons (Fsp3) is 0.870. The molecule has 3 saturated carbocycles. The van der Waals surface area contributed by atoms with Gasteiger partial charge >= 0.3 is 0 Å². The third kappa shape index (κ3) is 2.35. The van der Waals surface area contributed by atoms with Crippen LogP contribution in [-0.4, -0.2) is 17.0 Å². The van der Waals surface area contributed by atoms with Crippen molar-refractivity contribution in [3.8, 4) is 0 Å². The zero-order valence-corrected chi connectivity index (χ0v) is 16.8. The second-order valence-corrected chi connectivity index (χ2v) is 10.5. The molecular weight excluding hydrogens is 308 g/mol. The molecular formula is C23H36O2. The molecule has 1 N–H and O–H groups in total. The Morgan fingerprint density at radius 1 is 1.12 bits per heavy atom. The van der Waals surface area contributed by atoms with E-state index < -0.39 is 0 Å². The monoisotopic (exact) mass is 344 g/mol. The molecule has 140 valence electrons. The molecule has 8 unspecified atom stereocenters. The van der Waals surface area contributed by atoms with E-state index in [0.29, 0.717) is 23.0 Å². The number of aliphatic hydroxyl groups is 1. The third-order valence-electron chi connectivity index (χ3n) is 9.22. The molecule has 0 aliphatic heterocycles. The van der Waals surface area contributed by atoms with Crippen molar-refractivity contribution in [3.63, 3.8) is 0 Å². The third-order valence-corrected chi connectivity index (χ3v) is 9.22. The van der Waals surface area contributed by atoms with Crippen molar-refractivity contribution in [2.75, 3.05) is 0 Å². The molecule has 0 bridgehead atoms. The van der Waals surface area contributed by atoms with Crippen molar-refractivity contribution in [2.45, 2.75) is 85.7 Å². The van der Waals surface area contributed by atoms with E-state index in [4.69, 9.17) is 0 Å². The summed E-state index contributed by atoms with van der Waals surface area (Å²) in [7, 11) is 0. The number of aliphatic hydroxyl groups excluding tert-OH is 1. The summed E-state index contributed by atoms with van der Waals surface area (Å²) in [5.41, 5.74) is 3.66. The molecule has 0 aromatic heterocycles. The van der Waals surface area contributed by atoms with Crippen LogP contribution in [0.4, 0.5) is 0 Å². The number of rotatable bonds is 1. The van der Waals surface area contributed by atoms with Crippen LogP contribution >= 0.6 is 0 Å². The lowest BCUT2D eigenvalue weighted by Gasteiger charge is -2.58. The van der Waals surface area contributed by atoms with Gasteiger partial charge in [0.15, 0.2) is 0 Å². The second-order valence-electron chi connectivity index (χ2n) is 10.5. The van der Waals surface area contributed by atoms with Crippen molar-refractivity contribution in [1.82, 2.24) is 0 Å². The molecule has 0 amide bonds. The molecule has 4 aliphatic rings. The van der Waals surface area contributed by atoms with Gasteiger partial charge in [-0.05, 0) is 93.3 Å². The van der Waals surface area contributed by atoms with Gasteiger partial charge in [-0.15, -0.1) is 0 Å². The van der Waals surface area contributed by atoms with Gasteiger partial charge in [-0.1, -0.05) is 31.9 Å². The highest BCUT2D eigenvalue weighted by Crippen LogP contribution is 2.68. The predicted molar refractivity (Wildman–Crippen MR) is 101 cm³/mol. The summed E-state index contributed by atoms with van der Waals surface area (Å²) in [5, 5.41) is 10.2. The quantitative estimate of drug-likeness (QED) is 0.668. The number of carbonyl (C=O) groups excluding carboxylic acids is 1. The van der Waals surface area contributed by atoms with E-state index in [0.717, 1.165) is 31.1 Å². The Morgan fingerprint density at radius 2 is 1.84 bits per heavy atom. The van der Waals surface area contributed by atoms with Crippen molar-refractivity contribution < 1.29 is 9.90 Å². The molecule has 0 radical (unpaired) electrons. The predicted octanol–water partition coefficient (Wildman–Crippen LogP) is 5.15. The minimum absolute atomic E-state index is 0.128. The smallest absolute Gasteiger partial charge is 0.133 e. The van der Waals surface area contributed by atoms with E-state index in [1.807, 2.05) is 6.92 Å². The summed E-state index contributed by atoms with van der Waals surface area (Å²) in [6.07, 6.45) is 7.83. The van der Waals surface area contributed by atoms with Crippen LogP contribution in [0.15, 0.2) is 11.1 Å². The van der Waals surface area contributed by atoms with Crippen LogP contribution < -0.4 is 0 Å². The normalized spacial score (nSPS) is 52.4. The van der Waals surface area contributed by atoms with Crippen molar-refractivity contribution in [2.24, 2.45) is 40.4 Å². The number of ketones is 1. The molecule has 4 rings (SSSR count). The number of fused-ring (bicyclic) bond motifs is 5. The summed E-state index contributed by atoms with van der Waals surface area (Å²) >= 11 is 0. The number of hydrogen-bond donors (Lipinski definition) is 1. The van der Waals surface area contributed by atoms with Gasteiger partial charge in [0.1, 0.15) is 5.78 Å². The molecule has 25 heavy (non-hydrogen) atoms. The SMILES string of the molecule is CC(=O)C1C(C)CC2C3CC(C)=C4CC(O)CCC4(C)C3CCC21C. The van der Waals surface area contributed by atoms with Crippen molar-refractivity contribution >= 4 is 5.78 Å². The van der Waals surface area contributed by atoms with Crippen LogP contribution in [0.3, 0.4) is 0 Å². The van der Waals surface area contributed by atoms with Gasteiger partial charge < -0.3 is 5.11 Å². The first-order valence-corrected chi connectivity index (χ1v) is 10.6. The van der Waals surface area contributed by atoms with Crippen molar-refractivity contribution in [3.05, 3.63) is 11.1 Å². The Bertz CT molecular complexity index is 620. The maximum Gasteiger partial charge on any atom is 0.133 e. The van der Waals surface area contributed by atoms with Crippen LogP contribution in [0.2, 0.25) is 0 Å². The van der Waals surface area contributed by atoms with E-state index in [-0.39, 0.29) is 17.4 Å². The Balaban J connectivity index is 1.73. The molecule has 0 aromatic rings. The zero-order valence-electron chi connectivity index (χ0n) is 16.8. The molecule has 0 aromatic carbocycles. The first kappa shape index (κ1) is 17.8. The first-order valence-electron chi connectivity index (χ1n) is 10.6. The molecule has 0 saturated heterocycles. The maximum absolute atomic E-state index is 12.4. The molecule has 3 fully saturated rings. The van der Waals surface area contributed by atoms with Gasteiger partial charge in [0.2, 0.25) is 0 Å². The lowest BCUT2D eigenvalue weighted by molar-refractivity contribution is -0.128. The molecule has 2 nitrogen and oxygen atoms in total. The number of carbonyl (C=O) groups is 1. The molecule has 2 heteroatoms. The Kier molecular flexibility index (Phi) is 4.04. The molecule has 4 aliphatic carbocycles. The van der Waals surface area contributed by atoms with Gasteiger partial charge in [-0.25, -0.2) is 0 Å². The lowest BCUT2D eigenvalue weighted by atomic mass is 9.46. The molecule has 0 heterocycles. The zero-order chi connectivity index (χ0) is 18.1. The average Bonchev–Trinajstić information content (AvgIpc) is 2.80. The number of hydrogen-bond acceptors (Lipinski definition) is 2. The van der Waals surface area contributed by atoms with E-state index in [2.05, 4.69) is 27.7 Å². The fourth-order valence-electron chi connectivity index (χ4n) is 8.33. The summed E-state index contributed by atoms with van der Waals surface area (Å²) in [6, 6.07) is 0. The summed E-state index contributed by atoms with van der Waals surface area (Å²) in [4.78, 5) is 12.4. The van der Waals surface area contributed by atoms with Gasteiger partial charge in [-0.3, -0.25) is 4.79 Å². The summed E-state index contributed by atoms with van der Waals surface area (Å²) in [5.74, 6) is 3.44. The minimum Gasteiger partial charge on any atom is -0.393 e. The van der Waals surface area contributed by atoms with E-state index in [1.54, 1.807) is 11.1 Å². The van der Waals surface area contributed by atoms with Gasteiger partial charge in [-0.2, -0.15) is 0 Å². The van der Waals surface area contributed by atoms with E-state index in [1.165, 1.54) is 25.7 Å². The van der Waals surface area contributed by atoms with Crippen LogP contribution in [0.25, 0.3) is 0 Å². The number of Topliss-reactive ketones (excluding diaryl/α,β-unsaturated/α-hetero) is 1. The highest BCUT2D eigenvalue weighted by atomic mass is 16.3. The topological polar surface area (TPSA) is 37.3 Å². The van der Waals surface area contributed by atoms with Gasteiger partial charge in [0.25, 0.3) is 0 Å². The number of allylic oxidation sites excluding steroid dienone is 1. The minimum atomic E-state index is -0.128. The van der Waals surface area contributed by atoms with Gasteiger partial charge in [0.05, 0.1) is 6.10 Å². The van der Waals surface area contributed by atoms with Crippen LogP contribution in [0.1, 0.15) is 79.6 Å².